The number of carbonyl (C=O) groups is 1. The Morgan fingerprint density at radius 2 is 2.15 bits per heavy atom. The van der Waals surface area contributed by atoms with Crippen molar-refractivity contribution in [1.82, 2.24) is 10.3 Å². The van der Waals surface area contributed by atoms with E-state index in [-0.39, 0.29) is 24.5 Å². The zero-order valence-corrected chi connectivity index (χ0v) is 7.40. The summed E-state index contributed by atoms with van der Waals surface area (Å²) in [6, 6.07) is 0.289. The summed E-state index contributed by atoms with van der Waals surface area (Å²) in [7, 11) is 0. The molecule has 1 saturated carbocycles. The third-order valence-corrected chi connectivity index (χ3v) is 2.87. The lowest BCUT2D eigenvalue weighted by molar-refractivity contribution is -0.128. The van der Waals surface area contributed by atoms with Crippen LogP contribution in [-0.4, -0.2) is 29.5 Å². The van der Waals surface area contributed by atoms with E-state index in [9.17, 15) is 9.70 Å². The Morgan fingerprint density at radius 1 is 1.38 bits per heavy atom. The molecule has 1 amide bonds. The van der Waals surface area contributed by atoms with Gasteiger partial charge < -0.3 is 5.32 Å². The van der Waals surface area contributed by atoms with E-state index in [1.165, 1.54) is 5.01 Å². The van der Waals surface area contributed by atoms with Crippen molar-refractivity contribution in [3.8, 4) is 0 Å². The highest BCUT2D eigenvalue weighted by molar-refractivity contribution is 5.79. The van der Waals surface area contributed by atoms with E-state index in [1.807, 2.05) is 0 Å². The molecule has 1 N–H and O–H groups in total. The minimum atomic E-state index is -0.0808. The van der Waals surface area contributed by atoms with Crippen LogP contribution >= 0.6 is 0 Å². The molecule has 13 heavy (non-hydrogen) atoms. The van der Waals surface area contributed by atoms with Crippen molar-refractivity contribution in [3.63, 3.8) is 0 Å². The fourth-order valence-corrected chi connectivity index (χ4v) is 2.24. The van der Waals surface area contributed by atoms with Crippen LogP contribution in [0.3, 0.4) is 0 Å². The normalized spacial score (nSPS) is 33.5. The Morgan fingerprint density at radius 3 is 2.92 bits per heavy atom. The van der Waals surface area contributed by atoms with Gasteiger partial charge >= 0.3 is 0 Å². The first-order chi connectivity index (χ1) is 6.31. The summed E-state index contributed by atoms with van der Waals surface area (Å²) in [6.07, 6.45) is 4.20. The van der Waals surface area contributed by atoms with Crippen molar-refractivity contribution in [2.24, 2.45) is 5.29 Å². The van der Waals surface area contributed by atoms with Gasteiger partial charge in [0.15, 0.2) is 0 Å². The van der Waals surface area contributed by atoms with E-state index in [0.29, 0.717) is 0 Å². The molecular formula is C8H13N3O2. The molecule has 72 valence electrons. The van der Waals surface area contributed by atoms with Gasteiger partial charge in [0.2, 0.25) is 5.91 Å². The van der Waals surface area contributed by atoms with Crippen molar-refractivity contribution in [1.29, 1.82) is 0 Å². The first-order valence-electron chi connectivity index (χ1n) is 4.70. The van der Waals surface area contributed by atoms with Crippen LogP contribution in [0.25, 0.3) is 0 Å². The fraction of sp³-hybridized carbons (Fsp3) is 0.875. The predicted molar refractivity (Wildman–Crippen MR) is 46.7 cm³/mol. The van der Waals surface area contributed by atoms with E-state index >= 15 is 0 Å². The highest BCUT2D eigenvalue weighted by Gasteiger charge is 2.36. The average molecular weight is 183 g/mol. The SMILES string of the molecule is O=NN1CC(=O)N[C@@H]2CCCC[C@@H]21. The molecule has 0 spiro atoms. The van der Waals surface area contributed by atoms with E-state index in [4.69, 9.17) is 0 Å². The van der Waals surface area contributed by atoms with Gasteiger partial charge in [0.05, 0.1) is 17.4 Å². The van der Waals surface area contributed by atoms with E-state index in [0.717, 1.165) is 25.7 Å². The maximum absolute atomic E-state index is 11.1. The van der Waals surface area contributed by atoms with Crippen molar-refractivity contribution in [3.05, 3.63) is 4.91 Å². The maximum atomic E-state index is 11.1. The third-order valence-electron chi connectivity index (χ3n) is 2.87. The van der Waals surface area contributed by atoms with Crippen LogP contribution in [0.15, 0.2) is 5.29 Å². The van der Waals surface area contributed by atoms with Gasteiger partial charge in [-0.2, -0.15) is 0 Å². The van der Waals surface area contributed by atoms with E-state index in [1.54, 1.807) is 0 Å². The van der Waals surface area contributed by atoms with Crippen molar-refractivity contribution < 1.29 is 4.79 Å². The summed E-state index contributed by atoms with van der Waals surface area (Å²) in [5.41, 5.74) is 0. The summed E-state index contributed by atoms with van der Waals surface area (Å²) in [5.74, 6) is -0.0808. The zero-order chi connectivity index (χ0) is 9.26. The molecule has 0 bridgehead atoms. The molecule has 2 aliphatic rings. The predicted octanol–water partition coefficient (Wildman–Crippen LogP) is 0.411. The smallest absolute Gasteiger partial charge is 0.241 e. The molecule has 0 unspecified atom stereocenters. The summed E-state index contributed by atoms with van der Waals surface area (Å²) < 4.78 is 0. The molecule has 5 nitrogen and oxygen atoms in total. The minimum Gasteiger partial charge on any atom is -0.350 e. The fourth-order valence-electron chi connectivity index (χ4n) is 2.24. The standard InChI is InChI=1S/C8H13N3O2/c12-8-5-11(10-13)7-4-2-1-3-6(7)9-8/h6-7H,1-5H2,(H,9,12)/t6-,7+/m1/s1. The zero-order valence-electron chi connectivity index (χ0n) is 7.40. The van der Waals surface area contributed by atoms with Gasteiger partial charge in [-0.15, -0.1) is 4.91 Å². The third kappa shape index (κ3) is 1.50. The molecule has 0 aromatic rings. The molecule has 0 radical (unpaired) electrons. The van der Waals surface area contributed by atoms with Gasteiger partial charge in [-0.25, -0.2) is 5.01 Å². The second-order valence-corrected chi connectivity index (χ2v) is 3.71. The summed E-state index contributed by atoms with van der Waals surface area (Å²) >= 11 is 0. The van der Waals surface area contributed by atoms with Gasteiger partial charge in [0, 0.05) is 0 Å². The number of carbonyl (C=O) groups excluding carboxylic acids is 1. The molecule has 2 fully saturated rings. The van der Waals surface area contributed by atoms with Gasteiger partial charge in [-0.1, -0.05) is 12.8 Å². The lowest BCUT2D eigenvalue weighted by Gasteiger charge is -2.40. The van der Waals surface area contributed by atoms with Gasteiger partial charge in [0.1, 0.15) is 6.54 Å². The number of nitroso groups, excluding NO2 is 1. The lowest BCUT2D eigenvalue weighted by Crippen LogP contribution is -2.59. The quantitative estimate of drug-likeness (QED) is 0.599. The molecule has 1 aliphatic heterocycles. The Hall–Kier alpha value is -1.13. The Labute approximate surface area is 76.4 Å². The van der Waals surface area contributed by atoms with Gasteiger partial charge in [-0.3, -0.25) is 4.79 Å². The molecule has 2 atom stereocenters. The molecule has 1 aliphatic carbocycles. The molecule has 1 heterocycles. The average Bonchev–Trinajstić information content (AvgIpc) is 2.16. The number of amides is 1. The van der Waals surface area contributed by atoms with Crippen LogP contribution in [0.1, 0.15) is 25.7 Å². The largest absolute Gasteiger partial charge is 0.350 e. The Balaban J connectivity index is 2.11. The summed E-state index contributed by atoms with van der Waals surface area (Å²) in [5, 5.41) is 7.20. The van der Waals surface area contributed by atoms with Crippen LogP contribution in [0, 0.1) is 4.91 Å². The first kappa shape index (κ1) is 8.47. The van der Waals surface area contributed by atoms with Crippen LogP contribution in [0.5, 0.6) is 0 Å². The summed E-state index contributed by atoms with van der Waals surface area (Å²) in [6.45, 7) is 0.130. The number of hydrogen-bond acceptors (Lipinski definition) is 3. The van der Waals surface area contributed by atoms with Crippen LogP contribution in [0.4, 0.5) is 0 Å². The Bertz CT molecular complexity index is 231. The van der Waals surface area contributed by atoms with Gasteiger partial charge in [-0.05, 0) is 12.8 Å². The van der Waals surface area contributed by atoms with E-state index < -0.39 is 0 Å². The minimum absolute atomic E-state index is 0.0808. The van der Waals surface area contributed by atoms with Crippen molar-refractivity contribution >= 4 is 5.91 Å². The second-order valence-electron chi connectivity index (χ2n) is 3.71. The summed E-state index contributed by atoms with van der Waals surface area (Å²) in [4.78, 5) is 21.6. The number of nitrogens with zero attached hydrogens (tertiary/aromatic N) is 2. The monoisotopic (exact) mass is 183 g/mol. The van der Waals surface area contributed by atoms with Crippen molar-refractivity contribution in [2.75, 3.05) is 6.54 Å². The number of rotatable bonds is 1. The number of nitrogens with one attached hydrogen (secondary N) is 1. The number of piperazine rings is 1. The Kier molecular flexibility index (Phi) is 2.16. The van der Waals surface area contributed by atoms with E-state index in [2.05, 4.69) is 10.6 Å². The molecular weight excluding hydrogens is 170 g/mol. The number of fused-ring (bicyclic) bond motifs is 1. The molecule has 0 aromatic heterocycles. The highest BCUT2D eigenvalue weighted by atomic mass is 16.3. The molecule has 2 rings (SSSR count). The molecule has 5 heteroatoms. The van der Waals surface area contributed by atoms with Crippen molar-refractivity contribution in [2.45, 2.75) is 37.8 Å². The number of hydrogen-bond donors (Lipinski definition) is 1. The topological polar surface area (TPSA) is 61.8 Å². The van der Waals surface area contributed by atoms with Crippen LogP contribution in [0.2, 0.25) is 0 Å². The maximum Gasteiger partial charge on any atom is 0.241 e. The molecule has 1 saturated heterocycles. The van der Waals surface area contributed by atoms with Gasteiger partial charge in [0.25, 0.3) is 0 Å². The highest BCUT2D eigenvalue weighted by Crippen LogP contribution is 2.25. The molecule has 0 aromatic carbocycles. The first-order valence-corrected chi connectivity index (χ1v) is 4.70. The van der Waals surface area contributed by atoms with Crippen LogP contribution in [-0.2, 0) is 4.79 Å². The second kappa shape index (κ2) is 3.32. The lowest BCUT2D eigenvalue weighted by atomic mass is 9.88. The van der Waals surface area contributed by atoms with Crippen LogP contribution < -0.4 is 5.32 Å².